The van der Waals surface area contributed by atoms with Crippen LogP contribution in [0.3, 0.4) is 0 Å². The van der Waals surface area contributed by atoms with E-state index in [1.807, 2.05) is 0 Å². The zero-order valence-electron chi connectivity index (χ0n) is 11.2. The predicted molar refractivity (Wildman–Crippen MR) is 77.6 cm³/mol. The van der Waals surface area contributed by atoms with Gasteiger partial charge in [0.2, 0.25) is 5.13 Å². The largest absolute Gasteiger partial charge is 0.465 e. The first-order valence-electron chi connectivity index (χ1n) is 5.64. The zero-order chi connectivity index (χ0) is 15.6. The number of benzene rings is 1. The molecule has 0 radical (unpaired) electrons. The second-order valence-electron chi connectivity index (χ2n) is 4.00. The topological polar surface area (TPSA) is 124 Å². The molecular weight excluding hydrogens is 316 g/mol. The van der Waals surface area contributed by atoms with Crippen LogP contribution < -0.4 is 10.5 Å². The van der Waals surface area contributed by atoms with Gasteiger partial charge in [-0.1, -0.05) is 0 Å². The van der Waals surface area contributed by atoms with Crippen molar-refractivity contribution < 1.29 is 17.9 Å². The average molecular weight is 328 g/mol. The first kappa shape index (κ1) is 15.2. The van der Waals surface area contributed by atoms with Crippen LogP contribution in [0.15, 0.2) is 23.1 Å². The molecule has 0 saturated carbocycles. The number of nitrogen functional groups attached to an aromatic ring is 1. The van der Waals surface area contributed by atoms with Crippen LogP contribution >= 0.6 is 11.5 Å². The Morgan fingerprint density at radius 1 is 1.43 bits per heavy atom. The summed E-state index contributed by atoms with van der Waals surface area (Å²) in [5, 5.41) is 0.103. The molecule has 0 fully saturated rings. The van der Waals surface area contributed by atoms with Crippen molar-refractivity contribution in [3.8, 4) is 0 Å². The number of nitrogens with one attached hydrogen (secondary N) is 1. The molecule has 0 spiro atoms. The van der Waals surface area contributed by atoms with E-state index in [1.54, 1.807) is 6.92 Å². The number of anilines is 2. The number of methoxy groups -OCH3 is 1. The van der Waals surface area contributed by atoms with E-state index < -0.39 is 16.0 Å². The highest BCUT2D eigenvalue weighted by molar-refractivity contribution is 7.93. The van der Waals surface area contributed by atoms with Crippen molar-refractivity contribution in [2.45, 2.75) is 11.8 Å². The van der Waals surface area contributed by atoms with Crippen molar-refractivity contribution >= 4 is 38.3 Å². The molecule has 0 amide bonds. The molecule has 0 aliphatic rings. The van der Waals surface area contributed by atoms with Crippen LogP contribution in [-0.2, 0) is 14.8 Å². The highest BCUT2D eigenvalue weighted by atomic mass is 32.2. The normalized spacial score (nSPS) is 11.1. The summed E-state index contributed by atoms with van der Waals surface area (Å²) in [6, 6.07) is 3.89. The van der Waals surface area contributed by atoms with Gasteiger partial charge in [-0.15, -0.1) is 0 Å². The molecule has 0 unspecified atom stereocenters. The first-order chi connectivity index (χ1) is 9.83. The van der Waals surface area contributed by atoms with Crippen molar-refractivity contribution in [1.29, 1.82) is 0 Å². The lowest BCUT2D eigenvalue weighted by Crippen LogP contribution is -2.18. The number of sulfonamides is 1. The number of carbonyl (C=O) groups excluding carboxylic acids is 1. The number of aryl methyl sites for hydroxylation is 1. The highest BCUT2D eigenvalue weighted by Gasteiger charge is 2.24. The van der Waals surface area contributed by atoms with E-state index in [1.165, 1.54) is 18.2 Å². The number of esters is 1. The Labute approximate surface area is 125 Å². The van der Waals surface area contributed by atoms with Crippen LogP contribution in [0.25, 0.3) is 0 Å². The van der Waals surface area contributed by atoms with E-state index in [0.717, 1.165) is 18.6 Å². The Bertz CT molecular complexity index is 785. The van der Waals surface area contributed by atoms with Crippen molar-refractivity contribution in [3.05, 3.63) is 29.6 Å². The molecule has 3 N–H and O–H groups in total. The molecule has 1 aromatic carbocycles. The molecule has 1 aromatic heterocycles. The Hall–Kier alpha value is -2.20. The number of nitrogens with zero attached hydrogens (tertiary/aromatic N) is 2. The second kappa shape index (κ2) is 5.66. The number of rotatable bonds is 4. The van der Waals surface area contributed by atoms with Gasteiger partial charge in [-0.25, -0.2) is 18.2 Å². The minimum Gasteiger partial charge on any atom is -0.465 e. The Morgan fingerprint density at radius 3 is 2.71 bits per heavy atom. The van der Waals surface area contributed by atoms with Crippen molar-refractivity contribution in [2.75, 3.05) is 17.6 Å². The maximum Gasteiger partial charge on any atom is 0.339 e. The van der Waals surface area contributed by atoms with E-state index in [2.05, 4.69) is 18.8 Å². The smallest absolute Gasteiger partial charge is 0.339 e. The van der Waals surface area contributed by atoms with Crippen molar-refractivity contribution in [3.63, 3.8) is 0 Å². The predicted octanol–water partition coefficient (Wildman–Crippen LogP) is 1.02. The molecule has 2 aromatic rings. The summed E-state index contributed by atoms with van der Waals surface area (Å²) < 4.78 is 35.4. The molecule has 2 rings (SSSR count). The van der Waals surface area contributed by atoms with Gasteiger partial charge in [0.1, 0.15) is 10.7 Å². The van der Waals surface area contributed by atoms with Gasteiger partial charge in [0.25, 0.3) is 10.0 Å². The monoisotopic (exact) mass is 328 g/mol. The van der Waals surface area contributed by atoms with E-state index in [4.69, 9.17) is 5.73 Å². The summed E-state index contributed by atoms with van der Waals surface area (Å²) >= 11 is 0.896. The molecule has 0 bridgehead atoms. The molecule has 0 saturated heterocycles. The second-order valence-corrected chi connectivity index (χ2v) is 6.40. The average Bonchev–Trinajstić information content (AvgIpc) is 2.82. The third kappa shape index (κ3) is 3.28. The number of carbonyl (C=O) groups is 1. The van der Waals surface area contributed by atoms with Crippen LogP contribution in [0.2, 0.25) is 0 Å². The maximum absolute atomic E-state index is 12.4. The fourth-order valence-corrected chi connectivity index (χ4v) is 3.58. The molecule has 0 aliphatic carbocycles. The molecular formula is C11H12N4O4S2. The Morgan fingerprint density at radius 2 is 2.14 bits per heavy atom. The molecule has 0 atom stereocenters. The summed E-state index contributed by atoms with van der Waals surface area (Å²) in [4.78, 5) is 15.3. The lowest BCUT2D eigenvalue weighted by atomic mass is 10.2. The third-order valence-corrected chi connectivity index (χ3v) is 4.68. The standard InChI is InChI=1S/C11H12N4O4S2/c1-6-13-11(20-14-6)15-21(17,18)9-5-7(12)3-4-8(9)10(16)19-2/h3-5H,12H2,1-2H3,(H,13,14,15). The summed E-state index contributed by atoms with van der Waals surface area (Å²) in [5.74, 6) is -0.331. The molecule has 0 aliphatic heterocycles. The fourth-order valence-electron chi connectivity index (χ4n) is 1.55. The quantitative estimate of drug-likeness (QED) is 0.634. The SMILES string of the molecule is COC(=O)c1ccc(N)cc1S(=O)(=O)Nc1nc(C)ns1. The molecule has 1 heterocycles. The fraction of sp³-hybridized carbons (Fsp3) is 0.182. The number of hydrogen-bond donors (Lipinski definition) is 2. The van der Waals surface area contributed by atoms with Gasteiger partial charge in [-0.3, -0.25) is 4.72 Å². The van der Waals surface area contributed by atoms with Crippen molar-refractivity contribution in [2.24, 2.45) is 0 Å². The summed E-state index contributed by atoms with van der Waals surface area (Å²) in [6.07, 6.45) is 0. The van der Waals surface area contributed by atoms with Gasteiger partial charge in [0.05, 0.1) is 12.7 Å². The van der Waals surface area contributed by atoms with Crippen LogP contribution in [0.1, 0.15) is 16.2 Å². The molecule has 8 nitrogen and oxygen atoms in total. The maximum atomic E-state index is 12.4. The van der Waals surface area contributed by atoms with Gasteiger partial charge in [-0.05, 0) is 25.1 Å². The van der Waals surface area contributed by atoms with E-state index in [9.17, 15) is 13.2 Å². The van der Waals surface area contributed by atoms with Crippen molar-refractivity contribution in [1.82, 2.24) is 9.36 Å². The molecule has 112 valence electrons. The van der Waals surface area contributed by atoms with Gasteiger partial charge in [-0.2, -0.15) is 4.37 Å². The summed E-state index contributed by atoms with van der Waals surface area (Å²) in [7, 11) is -2.87. The number of aromatic nitrogens is 2. The zero-order valence-corrected chi connectivity index (χ0v) is 12.8. The Balaban J connectivity index is 2.48. The summed E-state index contributed by atoms with van der Waals surface area (Å²) in [6.45, 7) is 1.63. The Kier molecular flexibility index (Phi) is 4.09. The third-order valence-electron chi connectivity index (χ3n) is 2.45. The van der Waals surface area contributed by atoms with Gasteiger partial charge in [0, 0.05) is 17.2 Å². The number of ether oxygens (including phenoxy) is 1. The lowest BCUT2D eigenvalue weighted by Gasteiger charge is -2.10. The molecule has 10 heteroatoms. The minimum absolute atomic E-state index is 0.103. The van der Waals surface area contributed by atoms with Crippen LogP contribution in [0, 0.1) is 6.92 Å². The van der Waals surface area contributed by atoms with Crippen LogP contribution in [0.5, 0.6) is 0 Å². The van der Waals surface area contributed by atoms with E-state index in [-0.39, 0.29) is 21.3 Å². The van der Waals surface area contributed by atoms with Crippen LogP contribution in [-0.4, -0.2) is 30.9 Å². The highest BCUT2D eigenvalue weighted by Crippen LogP contribution is 2.23. The minimum atomic E-state index is -4.03. The lowest BCUT2D eigenvalue weighted by molar-refractivity contribution is 0.0596. The van der Waals surface area contributed by atoms with Gasteiger partial charge < -0.3 is 10.5 Å². The number of hydrogen-bond acceptors (Lipinski definition) is 8. The van der Waals surface area contributed by atoms with E-state index >= 15 is 0 Å². The van der Waals surface area contributed by atoms with Crippen LogP contribution in [0.4, 0.5) is 10.8 Å². The molecule has 21 heavy (non-hydrogen) atoms. The first-order valence-corrected chi connectivity index (χ1v) is 7.90. The van der Waals surface area contributed by atoms with E-state index in [0.29, 0.717) is 5.82 Å². The number of nitrogens with two attached hydrogens (primary N) is 1. The van der Waals surface area contributed by atoms with Gasteiger partial charge >= 0.3 is 5.97 Å². The summed E-state index contributed by atoms with van der Waals surface area (Å²) in [5.41, 5.74) is 5.69. The van der Waals surface area contributed by atoms with Gasteiger partial charge in [0.15, 0.2) is 0 Å².